The van der Waals surface area contributed by atoms with E-state index in [0.717, 1.165) is 0 Å². The molecule has 4 N–H and O–H groups in total. The van der Waals surface area contributed by atoms with Gasteiger partial charge in [-0.3, -0.25) is 0 Å². The molecule has 0 radical (unpaired) electrons. The van der Waals surface area contributed by atoms with Gasteiger partial charge in [-0.25, -0.2) is 0 Å². The molecule has 2 nitrogen and oxygen atoms in total. The van der Waals surface area contributed by atoms with Crippen LogP contribution in [-0.2, 0) is 0 Å². The standard InChI is InChI=1S/C14H32N2.2ClH/c1-3-5-9-13(15)11-7-8-12-14(16)10-6-4-2;;/h13-14H,3-12,15-16H2,1-2H3;2*1H. The fraction of sp³-hybridized carbons (Fsp3) is 1.00. The van der Waals surface area contributed by atoms with Crippen molar-refractivity contribution in [2.45, 2.75) is 90.1 Å². The second-order valence-electron chi connectivity index (χ2n) is 5.09. The zero-order chi connectivity index (χ0) is 12.2. The van der Waals surface area contributed by atoms with Crippen molar-refractivity contribution in [1.82, 2.24) is 0 Å². The van der Waals surface area contributed by atoms with Gasteiger partial charge in [-0.2, -0.15) is 0 Å². The summed E-state index contributed by atoms with van der Waals surface area (Å²) >= 11 is 0. The molecule has 0 aromatic heterocycles. The molecule has 0 aliphatic rings. The molecule has 0 bridgehead atoms. The van der Waals surface area contributed by atoms with Gasteiger partial charge in [0.15, 0.2) is 0 Å². The maximum absolute atomic E-state index is 6.03. The first-order valence-corrected chi connectivity index (χ1v) is 7.21. The summed E-state index contributed by atoms with van der Waals surface area (Å²) in [5.41, 5.74) is 12.1. The molecule has 0 saturated heterocycles. The van der Waals surface area contributed by atoms with E-state index in [4.69, 9.17) is 11.5 Å². The molecular formula is C14H34Cl2N2. The Hall–Kier alpha value is 0.500. The molecule has 0 aliphatic heterocycles. The molecule has 0 aliphatic carbocycles. The first-order valence-electron chi connectivity index (χ1n) is 7.21. The lowest BCUT2D eigenvalue weighted by molar-refractivity contribution is 0.471. The van der Waals surface area contributed by atoms with Crippen LogP contribution in [0.4, 0.5) is 0 Å². The SMILES string of the molecule is CCCCC(N)CCCCC(N)CCCC.Cl.Cl. The van der Waals surface area contributed by atoms with Crippen LogP contribution in [0.15, 0.2) is 0 Å². The molecule has 0 saturated carbocycles. The minimum absolute atomic E-state index is 0. The molecule has 2 unspecified atom stereocenters. The van der Waals surface area contributed by atoms with Gasteiger partial charge in [0.05, 0.1) is 0 Å². The average molecular weight is 301 g/mol. The third-order valence-corrected chi connectivity index (χ3v) is 3.26. The summed E-state index contributed by atoms with van der Waals surface area (Å²) in [4.78, 5) is 0. The van der Waals surface area contributed by atoms with Gasteiger partial charge in [-0.15, -0.1) is 24.8 Å². The van der Waals surface area contributed by atoms with Gasteiger partial charge < -0.3 is 11.5 Å². The van der Waals surface area contributed by atoms with Crippen LogP contribution in [0.3, 0.4) is 0 Å². The summed E-state index contributed by atoms with van der Waals surface area (Å²) < 4.78 is 0. The number of rotatable bonds is 11. The Morgan fingerprint density at radius 3 is 1.17 bits per heavy atom. The van der Waals surface area contributed by atoms with Crippen molar-refractivity contribution in [1.29, 1.82) is 0 Å². The van der Waals surface area contributed by atoms with Gasteiger partial charge in [-0.05, 0) is 25.7 Å². The normalized spacial score (nSPS) is 13.3. The summed E-state index contributed by atoms with van der Waals surface area (Å²) in [6.07, 6.45) is 12.3. The molecule has 0 fully saturated rings. The third kappa shape index (κ3) is 16.5. The lowest BCUT2D eigenvalue weighted by atomic mass is 10.0. The summed E-state index contributed by atoms with van der Waals surface area (Å²) in [6.45, 7) is 4.44. The largest absolute Gasteiger partial charge is 0.328 e. The van der Waals surface area contributed by atoms with Gasteiger partial charge in [0.25, 0.3) is 0 Å². The highest BCUT2D eigenvalue weighted by Gasteiger charge is 2.04. The molecule has 2 atom stereocenters. The van der Waals surface area contributed by atoms with Crippen LogP contribution < -0.4 is 11.5 Å². The van der Waals surface area contributed by atoms with Crippen LogP contribution in [-0.4, -0.2) is 12.1 Å². The Morgan fingerprint density at radius 1 is 0.611 bits per heavy atom. The Morgan fingerprint density at radius 2 is 0.889 bits per heavy atom. The van der Waals surface area contributed by atoms with Crippen LogP contribution in [0.25, 0.3) is 0 Å². The van der Waals surface area contributed by atoms with Crippen LogP contribution in [0.5, 0.6) is 0 Å². The Bertz CT molecular complexity index is 130. The number of halogens is 2. The minimum atomic E-state index is 0. The average Bonchev–Trinajstić information content (AvgIpc) is 2.29. The maximum atomic E-state index is 6.03. The molecule has 0 amide bonds. The second-order valence-corrected chi connectivity index (χ2v) is 5.09. The van der Waals surface area contributed by atoms with Gasteiger partial charge in [-0.1, -0.05) is 52.4 Å². The molecule has 0 aromatic carbocycles. The summed E-state index contributed by atoms with van der Waals surface area (Å²) in [7, 11) is 0. The predicted octanol–water partition coefficient (Wildman–Crippen LogP) is 4.43. The topological polar surface area (TPSA) is 52.0 Å². The molecule has 18 heavy (non-hydrogen) atoms. The van der Waals surface area contributed by atoms with E-state index in [1.807, 2.05) is 0 Å². The van der Waals surface area contributed by atoms with Crippen LogP contribution >= 0.6 is 24.8 Å². The lowest BCUT2D eigenvalue weighted by Gasteiger charge is -2.13. The third-order valence-electron chi connectivity index (χ3n) is 3.26. The van der Waals surface area contributed by atoms with Crippen LogP contribution in [0.2, 0.25) is 0 Å². The van der Waals surface area contributed by atoms with E-state index >= 15 is 0 Å². The predicted molar refractivity (Wildman–Crippen MR) is 88.0 cm³/mol. The van der Waals surface area contributed by atoms with Gasteiger partial charge in [0.2, 0.25) is 0 Å². The number of hydrogen-bond acceptors (Lipinski definition) is 2. The quantitative estimate of drug-likeness (QED) is 0.555. The Labute approximate surface area is 126 Å². The van der Waals surface area contributed by atoms with Gasteiger partial charge >= 0.3 is 0 Å². The van der Waals surface area contributed by atoms with E-state index < -0.39 is 0 Å². The van der Waals surface area contributed by atoms with Crippen molar-refractivity contribution in [3.05, 3.63) is 0 Å². The van der Waals surface area contributed by atoms with Crippen molar-refractivity contribution in [3.8, 4) is 0 Å². The molecule has 114 valence electrons. The molecule has 4 heteroatoms. The van der Waals surface area contributed by atoms with E-state index in [1.165, 1.54) is 64.2 Å². The van der Waals surface area contributed by atoms with Crippen molar-refractivity contribution in [2.24, 2.45) is 11.5 Å². The minimum Gasteiger partial charge on any atom is -0.328 e. The zero-order valence-electron chi connectivity index (χ0n) is 12.2. The second kappa shape index (κ2) is 17.5. The maximum Gasteiger partial charge on any atom is 0.00388 e. The molecule has 0 spiro atoms. The van der Waals surface area contributed by atoms with E-state index in [9.17, 15) is 0 Å². The van der Waals surface area contributed by atoms with Crippen LogP contribution in [0, 0.1) is 0 Å². The highest BCUT2D eigenvalue weighted by atomic mass is 35.5. The number of unbranched alkanes of at least 4 members (excludes halogenated alkanes) is 3. The van der Waals surface area contributed by atoms with E-state index in [1.54, 1.807) is 0 Å². The highest BCUT2D eigenvalue weighted by molar-refractivity contribution is 5.85. The van der Waals surface area contributed by atoms with Gasteiger partial charge in [0.1, 0.15) is 0 Å². The summed E-state index contributed by atoms with van der Waals surface area (Å²) in [6, 6.07) is 0.846. The van der Waals surface area contributed by atoms with E-state index in [-0.39, 0.29) is 24.8 Å². The molecular weight excluding hydrogens is 267 g/mol. The summed E-state index contributed by atoms with van der Waals surface area (Å²) in [5.74, 6) is 0. The van der Waals surface area contributed by atoms with Crippen LogP contribution in [0.1, 0.15) is 78.1 Å². The van der Waals surface area contributed by atoms with Crippen molar-refractivity contribution >= 4 is 24.8 Å². The monoisotopic (exact) mass is 300 g/mol. The smallest absolute Gasteiger partial charge is 0.00388 e. The van der Waals surface area contributed by atoms with Crippen molar-refractivity contribution < 1.29 is 0 Å². The van der Waals surface area contributed by atoms with Crippen molar-refractivity contribution in [2.75, 3.05) is 0 Å². The Balaban J connectivity index is -0.00000112. The fourth-order valence-electron chi connectivity index (χ4n) is 2.03. The van der Waals surface area contributed by atoms with E-state index in [0.29, 0.717) is 12.1 Å². The number of hydrogen-bond donors (Lipinski definition) is 2. The fourth-order valence-corrected chi connectivity index (χ4v) is 2.03. The molecule has 0 aromatic rings. The summed E-state index contributed by atoms with van der Waals surface area (Å²) in [5, 5.41) is 0. The lowest BCUT2D eigenvalue weighted by Crippen LogP contribution is -2.21. The Kier molecular flexibility index (Phi) is 22.9. The van der Waals surface area contributed by atoms with E-state index in [2.05, 4.69) is 13.8 Å². The molecule has 0 rings (SSSR count). The first-order chi connectivity index (χ1) is 7.70. The zero-order valence-corrected chi connectivity index (χ0v) is 13.8. The first kappa shape index (κ1) is 23.6. The molecule has 0 heterocycles. The number of nitrogens with two attached hydrogens (primary N) is 2. The highest BCUT2D eigenvalue weighted by Crippen LogP contribution is 2.11. The van der Waals surface area contributed by atoms with Gasteiger partial charge in [0, 0.05) is 12.1 Å². The van der Waals surface area contributed by atoms with Crippen molar-refractivity contribution in [3.63, 3.8) is 0 Å².